The molecule has 0 bridgehead atoms. The zero-order valence-corrected chi connectivity index (χ0v) is 11.9. The minimum Gasteiger partial charge on any atom is -0.478 e. The molecule has 0 unspecified atom stereocenters. The third kappa shape index (κ3) is 3.58. The molecule has 0 aliphatic rings. The van der Waals surface area contributed by atoms with Gasteiger partial charge >= 0.3 is 11.9 Å². The van der Waals surface area contributed by atoms with Crippen LogP contribution in [-0.4, -0.2) is 28.6 Å². The molecule has 0 amide bonds. The van der Waals surface area contributed by atoms with Gasteiger partial charge in [-0.3, -0.25) is 0 Å². The molecule has 0 saturated heterocycles. The molecular formula is C15H12ClNO4. The average molecular weight is 306 g/mol. The number of hydrogen-bond donors (Lipinski definition) is 1. The van der Waals surface area contributed by atoms with E-state index in [1.165, 1.54) is 6.08 Å². The Morgan fingerprint density at radius 3 is 2.81 bits per heavy atom. The van der Waals surface area contributed by atoms with E-state index in [1.54, 1.807) is 31.2 Å². The van der Waals surface area contributed by atoms with E-state index in [4.69, 9.17) is 21.4 Å². The number of ether oxygens (including phenoxy) is 1. The molecule has 1 aromatic carbocycles. The zero-order valence-electron chi connectivity index (χ0n) is 11.2. The van der Waals surface area contributed by atoms with E-state index in [0.717, 1.165) is 6.08 Å². The van der Waals surface area contributed by atoms with Crippen molar-refractivity contribution in [3.8, 4) is 0 Å². The molecular weight excluding hydrogens is 294 g/mol. The summed E-state index contributed by atoms with van der Waals surface area (Å²) in [6.45, 7) is 1.91. The van der Waals surface area contributed by atoms with Crippen LogP contribution in [0.4, 0.5) is 0 Å². The van der Waals surface area contributed by atoms with Crippen molar-refractivity contribution in [3.05, 3.63) is 46.6 Å². The molecule has 0 spiro atoms. The van der Waals surface area contributed by atoms with E-state index >= 15 is 0 Å². The highest BCUT2D eigenvalue weighted by atomic mass is 35.5. The fourth-order valence-electron chi connectivity index (χ4n) is 1.81. The van der Waals surface area contributed by atoms with Gasteiger partial charge in [-0.05, 0) is 37.3 Å². The fraction of sp³-hybridized carbons (Fsp3) is 0.133. The largest absolute Gasteiger partial charge is 0.478 e. The van der Waals surface area contributed by atoms with Crippen molar-refractivity contribution >= 4 is 40.5 Å². The lowest BCUT2D eigenvalue weighted by Crippen LogP contribution is -2.08. The summed E-state index contributed by atoms with van der Waals surface area (Å²) < 4.78 is 4.96. The summed E-state index contributed by atoms with van der Waals surface area (Å²) in [6.07, 6.45) is 2.19. The van der Waals surface area contributed by atoms with E-state index in [9.17, 15) is 9.59 Å². The van der Waals surface area contributed by atoms with Crippen molar-refractivity contribution in [2.45, 2.75) is 6.92 Å². The molecule has 5 nitrogen and oxygen atoms in total. The van der Waals surface area contributed by atoms with Crippen LogP contribution in [0.15, 0.2) is 30.3 Å². The molecule has 108 valence electrons. The van der Waals surface area contributed by atoms with Crippen molar-refractivity contribution < 1.29 is 19.4 Å². The zero-order chi connectivity index (χ0) is 15.4. The lowest BCUT2D eigenvalue weighted by Gasteiger charge is -2.07. The number of hydrogen-bond acceptors (Lipinski definition) is 4. The number of carboxylic acid groups (broad SMARTS) is 1. The summed E-state index contributed by atoms with van der Waals surface area (Å²) in [5.74, 6) is -1.68. The van der Waals surface area contributed by atoms with Crippen LogP contribution in [-0.2, 0) is 9.53 Å². The van der Waals surface area contributed by atoms with Crippen LogP contribution in [0.2, 0.25) is 5.02 Å². The third-order valence-electron chi connectivity index (χ3n) is 2.69. The Kier molecular flexibility index (Phi) is 4.55. The molecule has 0 radical (unpaired) electrons. The summed E-state index contributed by atoms with van der Waals surface area (Å²) >= 11 is 5.92. The second kappa shape index (κ2) is 6.37. The van der Waals surface area contributed by atoms with E-state index in [1.807, 2.05) is 0 Å². The molecule has 0 aliphatic heterocycles. The summed E-state index contributed by atoms with van der Waals surface area (Å²) in [4.78, 5) is 26.9. The number of aliphatic carboxylic acids is 1. The van der Waals surface area contributed by atoms with Gasteiger partial charge in [0.1, 0.15) is 0 Å². The fourth-order valence-corrected chi connectivity index (χ4v) is 1.99. The monoisotopic (exact) mass is 305 g/mol. The normalized spacial score (nSPS) is 11.0. The van der Waals surface area contributed by atoms with Gasteiger partial charge in [-0.15, -0.1) is 0 Å². The van der Waals surface area contributed by atoms with Gasteiger partial charge in [0.2, 0.25) is 0 Å². The minimum absolute atomic E-state index is 0.198. The third-order valence-corrected chi connectivity index (χ3v) is 2.92. The van der Waals surface area contributed by atoms with Gasteiger partial charge in [0.15, 0.2) is 0 Å². The first-order valence-corrected chi connectivity index (χ1v) is 6.57. The first-order chi connectivity index (χ1) is 10.0. The first kappa shape index (κ1) is 15.0. The summed E-state index contributed by atoms with van der Waals surface area (Å²) in [7, 11) is 0. The first-order valence-electron chi connectivity index (χ1n) is 6.19. The number of nitrogens with zero attached hydrogens (tertiary/aromatic N) is 1. The molecule has 0 saturated carbocycles. The maximum absolute atomic E-state index is 12.0. The van der Waals surface area contributed by atoms with Gasteiger partial charge in [0.05, 0.1) is 23.4 Å². The van der Waals surface area contributed by atoms with Crippen LogP contribution >= 0.6 is 11.6 Å². The SMILES string of the molecule is CCOC(=O)c1cc2cc(Cl)ccc2nc1C=CC(=O)O. The Hall–Kier alpha value is -2.40. The molecule has 0 fully saturated rings. The van der Waals surface area contributed by atoms with Crippen molar-refractivity contribution in [3.63, 3.8) is 0 Å². The number of pyridine rings is 1. The molecule has 2 aromatic rings. The average Bonchev–Trinajstić information content (AvgIpc) is 2.44. The number of esters is 1. The number of rotatable bonds is 4. The lowest BCUT2D eigenvalue weighted by molar-refractivity contribution is -0.131. The predicted molar refractivity (Wildman–Crippen MR) is 79.4 cm³/mol. The van der Waals surface area contributed by atoms with E-state index < -0.39 is 11.9 Å². The number of carbonyl (C=O) groups excluding carboxylic acids is 1. The second-order valence-electron chi connectivity index (χ2n) is 4.15. The number of halogens is 1. The highest BCUT2D eigenvalue weighted by Crippen LogP contribution is 2.22. The van der Waals surface area contributed by atoms with Gasteiger partial charge in [0, 0.05) is 16.5 Å². The van der Waals surface area contributed by atoms with Gasteiger partial charge in [0.25, 0.3) is 0 Å². The molecule has 1 N–H and O–H groups in total. The summed E-state index contributed by atoms with van der Waals surface area (Å²) in [6, 6.07) is 6.64. The Morgan fingerprint density at radius 2 is 2.14 bits per heavy atom. The van der Waals surface area contributed by atoms with Crippen molar-refractivity contribution in [1.29, 1.82) is 0 Å². The van der Waals surface area contributed by atoms with Gasteiger partial charge in [-0.25, -0.2) is 14.6 Å². The Bertz CT molecular complexity index is 740. The quantitative estimate of drug-likeness (QED) is 0.693. The van der Waals surface area contributed by atoms with E-state index in [0.29, 0.717) is 15.9 Å². The Balaban J connectivity index is 2.61. The van der Waals surface area contributed by atoms with E-state index in [-0.39, 0.29) is 17.9 Å². The maximum Gasteiger partial charge on any atom is 0.340 e. The number of fused-ring (bicyclic) bond motifs is 1. The molecule has 0 atom stereocenters. The summed E-state index contributed by atoms with van der Waals surface area (Å²) in [5.41, 5.74) is 1.05. The van der Waals surface area contributed by atoms with E-state index in [2.05, 4.69) is 4.98 Å². The van der Waals surface area contributed by atoms with Crippen molar-refractivity contribution in [1.82, 2.24) is 4.98 Å². The standard InChI is InChI=1S/C15H12ClNO4/c1-2-21-15(20)11-8-9-7-10(16)3-4-12(9)17-13(11)5-6-14(18)19/h3-8H,2H2,1H3,(H,18,19). The second-order valence-corrected chi connectivity index (χ2v) is 4.59. The minimum atomic E-state index is -1.12. The molecule has 1 aromatic heterocycles. The molecule has 2 rings (SSSR count). The number of aromatic nitrogens is 1. The molecule has 0 aliphatic carbocycles. The van der Waals surface area contributed by atoms with Crippen LogP contribution in [0.1, 0.15) is 23.0 Å². The molecule has 6 heteroatoms. The molecule has 1 heterocycles. The molecule has 21 heavy (non-hydrogen) atoms. The maximum atomic E-state index is 12.0. The number of carboxylic acids is 1. The van der Waals surface area contributed by atoms with Crippen LogP contribution < -0.4 is 0 Å². The number of carbonyl (C=O) groups is 2. The lowest BCUT2D eigenvalue weighted by atomic mass is 10.1. The van der Waals surface area contributed by atoms with Gasteiger partial charge in [-0.1, -0.05) is 11.6 Å². The highest BCUT2D eigenvalue weighted by Gasteiger charge is 2.14. The topological polar surface area (TPSA) is 76.5 Å². The Labute approximate surface area is 125 Å². The number of benzene rings is 1. The smallest absolute Gasteiger partial charge is 0.340 e. The van der Waals surface area contributed by atoms with Crippen molar-refractivity contribution in [2.24, 2.45) is 0 Å². The predicted octanol–water partition coefficient (Wildman–Crippen LogP) is 3.16. The van der Waals surface area contributed by atoms with Gasteiger partial charge < -0.3 is 9.84 Å². The van der Waals surface area contributed by atoms with Crippen LogP contribution in [0.3, 0.4) is 0 Å². The highest BCUT2D eigenvalue weighted by molar-refractivity contribution is 6.31. The Morgan fingerprint density at radius 1 is 1.38 bits per heavy atom. The van der Waals surface area contributed by atoms with Gasteiger partial charge in [-0.2, -0.15) is 0 Å². The van der Waals surface area contributed by atoms with Crippen LogP contribution in [0.5, 0.6) is 0 Å². The summed E-state index contributed by atoms with van der Waals surface area (Å²) in [5, 5.41) is 9.91. The van der Waals surface area contributed by atoms with Crippen molar-refractivity contribution in [2.75, 3.05) is 6.61 Å². The van der Waals surface area contributed by atoms with Crippen LogP contribution in [0, 0.1) is 0 Å². The van der Waals surface area contributed by atoms with Crippen LogP contribution in [0.25, 0.3) is 17.0 Å².